The van der Waals surface area contributed by atoms with Crippen molar-refractivity contribution in [2.24, 2.45) is 17.8 Å². The van der Waals surface area contributed by atoms with Crippen molar-refractivity contribution in [1.29, 1.82) is 0 Å². The molecule has 2 fully saturated rings. The maximum atomic E-state index is 13.6. The number of aromatic hydroxyl groups is 1. The Bertz CT molecular complexity index is 1420. The minimum atomic E-state index is -0.641. The number of fused-ring (bicyclic) bond motifs is 3. The van der Waals surface area contributed by atoms with Crippen LogP contribution in [0, 0.1) is 27.9 Å². The third-order valence-electron chi connectivity index (χ3n) is 8.14. The van der Waals surface area contributed by atoms with Gasteiger partial charge in [0.2, 0.25) is 11.8 Å². The van der Waals surface area contributed by atoms with Crippen molar-refractivity contribution in [3.63, 3.8) is 0 Å². The number of hydrogen-bond acceptors (Lipinski definition) is 7. The number of nitrogens with zero attached hydrogens (tertiary/aromatic N) is 2. The van der Waals surface area contributed by atoms with E-state index in [1.54, 1.807) is 12.1 Å². The number of phenols is 1. The molecule has 0 saturated carbocycles. The highest BCUT2D eigenvalue weighted by molar-refractivity contribution is 6.32. The zero-order chi connectivity index (χ0) is 28.6. The fourth-order valence-corrected chi connectivity index (χ4v) is 6.61. The number of allylic oxidation sites excluding steroid dienone is 1. The van der Waals surface area contributed by atoms with Gasteiger partial charge < -0.3 is 14.9 Å². The number of ether oxygens (including phenoxy) is 1. The van der Waals surface area contributed by atoms with Gasteiger partial charge in [-0.3, -0.25) is 19.7 Å². The molecule has 2 heterocycles. The van der Waals surface area contributed by atoms with Crippen LogP contribution >= 0.6 is 11.6 Å². The van der Waals surface area contributed by atoms with Crippen LogP contribution in [0.3, 0.4) is 0 Å². The standard InChI is InChI=1S/C30H31ClN2O7/c1-2-4-17(11-18-8-9-22(35)14-25(18)31)7-10-26-27-19(15-34)12-23-28(24(27)16-40-26)30(37)32(29(23)36)20-5-3-6-21(13-20)33(38)39/h3,5-6,8-9,11,13-14,23-24,26,28,34-35H,2,4,7,10,12,15-16H2,1H3/b17-11+/t23-,24+,26-,28-/m1/s1. The number of benzene rings is 2. The van der Waals surface area contributed by atoms with Crippen LogP contribution in [0.1, 0.15) is 44.6 Å². The lowest BCUT2D eigenvalue weighted by molar-refractivity contribution is -0.384. The molecule has 40 heavy (non-hydrogen) atoms. The minimum Gasteiger partial charge on any atom is -0.508 e. The number of aliphatic hydroxyl groups excluding tert-OH is 1. The molecule has 2 saturated heterocycles. The first kappa shape index (κ1) is 28.0. The summed E-state index contributed by atoms with van der Waals surface area (Å²) >= 11 is 6.33. The molecule has 3 aliphatic rings. The summed E-state index contributed by atoms with van der Waals surface area (Å²) in [7, 11) is 0. The summed E-state index contributed by atoms with van der Waals surface area (Å²) < 4.78 is 6.21. The number of nitro benzene ring substituents is 1. The lowest BCUT2D eigenvalue weighted by atomic mass is 9.69. The number of imide groups is 1. The zero-order valence-electron chi connectivity index (χ0n) is 22.1. The Labute approximate surface area is 236 Å². The van der Waals surface area contributed by atoms with Crippen LogP contribution in [-0.2, 0) is 14.3 Å². The van der Waals surface area contributed by atoms with Gasteiger partial charge in [0.15, 0.2) is 0 Å². The van der Waals surface area contributed by atoms with Crippen LogP contribution in [0.2, 0.25) is 5.02 Å². The molecule has 0 bridgehead atoms. The molecule has 2 amide bonds. The van der Waals surface area contributed by atoms with Gasteiger partial charge in [-0.15, -0.1) is 0 Å². The van der Waals surface area contributed by atoms with Gasteiger partial charge in [0, 0.05) is 18.1 Å². The third-order valence-corrected chi connectivity index (χ3v) is 8.47. The average Bonchev–Trinajstić information content (AvgIpc) is 3.46. The number of carbonyl (C=O) groups excluding carboxylic acids is 2. The fraction of sp³-hybridized carbons (Fsp3) is 0.400. The number of hydrogen-bond donors (Lipinski definition) is 2. The van der Waals surface area contributed by atoms with E-state index < -0.39 is 22.7 Å². The number of carbonyl (C=O) groups is 2. The molecular weight excluding hydrogens is 536 g/mol. The number of rotatable bonds is 9. The van der Waals surface area contributed by atoms with Gasteiger partial charge in [-0.1, -0.05) is 42.7 Å². The second-order valence-corrected chi connectivity index (χ2v) is 11.0. The minimum absolute atomic E-state index is 0.104. The smallest absolute Gasteiger partial charge is 0.271 e. The number of phenolic OH excluding ortho intramolecular Hbond substituents is 1. The maximum Gasteiger partial charge on any atom is 0.271 e. The van der Waals surface area contributed by atoms with Crippen molar-refractivity contribution in [3.8, 4) is 5.75 Å². The predicted octanol–water partition coefficient (Wildman–Crippen LogP) is 5.43. The molecule has 9 nitrogen and oxygen atoms in total. The second-order valence-electron chi connectivity index (χ2n) is 10.6. The molecule has 10 heteroatoms. The van der Waals surface area contributed by atoms with E-state index in [0.717, 1.165) is 34.5 Å². The Morgan fingerprint density at radius 2 is 1.98 bits per heavy atom. The summed E-state index contributed by atoms with van der Waals surface area (Å²) in [5.74, 6) is -2.29. The van der Waals surface area contributed by atoms with E-state index in [2.05, 4.69) is 6.92 Å². The van der Waals surface area contributed by atoms with Crippen LogP contribution in [-0.4, -0.2) is 46.3 Å². The van der Waals surface area contributed by atoms with E-state index >= 15 is 0 Å². The van der Waals surface area contributed by atoms with Crippen molar-refractivity contribution in [3.05, 3.63) is 79.9 Å². The van der Waals surface area contributed by atoms with Crippen molar-refractivity contribution in [2.45, 2.75) is 45.1 Å². The molecule has 0 unspecified atom stereocenters. The molecule has 2 N–H and O–H groups in total. The van der Waals surface area contributed by atoms with E-state index in [4.69, 9.17) is 16.3 Å². The van der Waals surface area contributed by atoms with Gasteiger partial charge >= 0.3 is 0 Å². The molecule has 5 rings (SSSR count). The summed E-state index contributed by atoms with van der Waals surface area (Å²) in [6, 6.07) is 10.4. The number of non-ortho nitro benzene ring substituents is 1. The van der Waals surface area contributed by atoms with Crippen LogP contribution in [0.4, 0.5) is 11.4 Å². The number of nitro groups is 1. The quantitative estimate of drug-likeness (QED) is 0.179. The Morgan fingerprint density at radius 3 is 2.67 bits per heavy atom. The molecule has 4 atom stereocenters. The second kappa shape index (κ2) is 11.5. The summed E-state index contributed by atoms with van der Waals surface area (Å²) in [6.45, 7) is 2.13. The van der Waals surface area contributed by atoms with E-state index in [0.29, 0.717) is 17.9 Å². The topological polar surface area (TPSA) is 130 Å². The molecule has 210 valence electrons. The highest BCUT2D eigenvalue weighted by Gasteiger charge is 2.57. The molecule has 1 aliphatic carbocycles. The summed E-state index contributed by atoms with van der Waals surface area (Å²) in [5, 5.41) is 31.7. The number of amides is 2. The van der Waals surface area contributed by atoms with E-state index in [1.807, 2.05) is 6.08 Å². The number of aliphatic hydroxyl groups is 1. The lowest BCUT2D eigenvalue weighted by Gasteiger charge is -2.31. The normalized spacial score (nSPS) is 24.5. The molecule has 0 aromatic heterocycles. The van der Waals surface area contributed by atoms with Gasteiger partial charge in [-0.2, -0.15) is 0 Å². The van der Waals surface area contributed by atoms with Crippen molar-refractivity contribution < 1.29 is 29.5 Å². The highest BCUT2D eigenvalue weighted by Crippen LogP contribution is 2.50. The largest absolute Gasteiger partial charge is 0.508 e. The van der Waals surface area contributed by atoms with E-state index in [-0.39, 0.29) is 54.7 Å². The summed E-state index contributed by atoms with van der Waals surface area (Å²) in [4.78, 5) is 38.9. The highest BCUT2D eigenvalue weighted by atomic mass is 35.5. The van der Waals surface area contributed by atoms with Crippen molar-refractivity contribution in [1.82, 2.24) is 0 Å². The van der Waals surface area contributed by atoms with Gasteiger partial charge in [0.1, 0.15) is 5.75 Å². The first-order valence-corrected chi connectivity index (χ1v) is 13.9. The lowest BCUT2D eigenvalue weighted by Crippen LogP contribution is -2.35. The van der Waals surface area contributed by atoms with E-state index in [1.165, 1.54) is 35.9 Å². The Kier molecular flexibility index (Phi) is 8.07. The SMILES string of the molecule is CCC/C(=C\c1ccc(O)cc1Cl)CC[C@H]1OC[C@H]2C1=C(CO)C[C@H]1C(=O)N(c3cccc([N+](=O)[O-])c3)C(=O)[C@H]12. The molecule has 0 radical (unpaired) electrons. The zero-order valence-corrected chi connectivity index (χ0v) is 22.8. The van der Waals surface area contributed by atoms with Crippen LogP contribution in [0.25, 0.3) is 6.08 Å². The Morgan fingerprint density at radius 1 is 1.18 bits per heavy atom. The third kappa shape index (κ3) is 5.16. The maximum absolute atomic E-state index is 13.6. The van der Waals surface area contributed by atoms with Crippen molar-refractivity contribution in [2.75, 3.05) is 18.1 Å². The van der Waals surface area contributed by atoms with Crippen LogP contribution < -0.4 is 4.90 Å². The van der Waals surface area contributed by atoms with Gasteiger partial charge in [-0.05, 0) is 66.7 Å². The predicted molar refractivity (Wildman–Crippen MR) is 150 cm³/mol. The van der Waals surface area contributed by atoms with Crippen molar-refractivity contribution >= 4 is 40.9 Å². The van der Waals surface area contributed by atoms with Gasteiger partial charge in [0.05, 0.1) is 46.8 Å². The Hall–Kier alpha value is -3.53. The van der Waals surface area contributed by atoms with Gasteiger partial charge in [-0.25, -0.2) is 4.90 Å². The molecule has 0 spiro atoms. The molecule has 2 aromatic rings. The van der Waals surface area contributed by atoms with Crippen LogP contribution in [0.15, 0.2) is 59.2 Å². The summed E-state index contributed by atoms with van der Waals surface area (Å²) in [6.07, 6.45) is 5.15. The first-order chi connectivity index (χ1) is 19.2. The van der Waals surface area contributed by atoms with Gasteiger partial charge in [0.25, 0.3) is 5.69 Å². The Balaban J connectivity index is 1.38. The molecule has 2 aliphatic heterocycles. The number of halogens is 1. The monoisotopic (exact) mass is 566 g/mol. The first-order valence-electron chi connectivity index (χ1n) is 13.5. The molecule has 2 aromatic carbocycles. The van der Waals surface area contributed by atoms with Crippen LogP contribution in [0.5, 0.6) is 5.75 Å². The fourth-order valence-electron chi connectivity index (χ4n) is 6.38. The number of anilines is 1. The summed E-state index contributed by atoms with van der Waals surface area (Å²) in [5.41, 5.74) is 3.62. The average molecular weight is 567 g/mol. The van der Waals surface area contributed by atoms with E-state index in [9.17, 15) is 29.9 Å². The molecular formula is C30H31ClN2O7.